The van der Waals surface area contributed by atoms with E-state index in [1.807, 2.05) is 0 Å². The van der Waals surface area contributed by atoms with E-state index in [-0.39, 0.29) is 22.2 Å². The second-order valence-corrected chi connectivity index (χ2v) is 5.58. The summed E-state index contributed by atoms with van der Waals surface area (Å²) in [4.78, 5) is 12.5. The highest BCUT2D eigenvalue weighted by atomic mass is 35.5. The number of aromatic nitrogens is 2. The summed E-state index contributed by atoms with van der Waals surface area (Å²) in [6.45, 7) is 0. The number of anilines is 1. The SMILES string of the molecule is Nc1c(C(=O)c2ccccc2Cl)cnn1-c1ccc(F)c(Cl)c1. The van der Waals surface area contributed by atoms with Crippen LogP contribution < -0.4 is 5.73 Å². The summed E-state index contributed by atoms with van der Waals surface area (Å²) in [5.74, 6) is -0.765. The number of rotatable bonds is 3. The highest BCUT2D eigenvalue weighted by Crippen LogP contribution is 2.25. The first-order chi connectivity index (χ1) is 11.0. The molecule has 0 saturated carbocycles. The van der Waals surface area contributed by atoms with E-state index in [9.17, 15) is 9.18 Å². The zero-order chi connectivity index (χ0) is 16.6. The summed E-state index contributed by atoms with van der Waals surface area (Å²) in [5.41, 5.74) is 7.00. The van der Waals surface area contributed by atoms with Crippen molar-refractivity contribution in [2.45, 2.75) is 0 Å². The lowest BCUT2D eigenvalue weighted by Crippen LogP contribution is -2.07. The Balaban J connectivity index is 2.04. The number of carbonyl (C=O) groups excluding carboxylic acids is 1. The maximum absolute atomic E-state index is 13.3. The minimum absolute atomic E-state index is 0.0589. The number of hydrogen-bond donors (Lipinski definition) is 1. The van der Waals surface area contributed by atoms with E-state index in [0.29, 0.717) is 16.3 Å². The standard InChI is InChI=1S/C16H10Cl2FN3O/c17-12-4-2-1-3-10(12)15(23)11-8-21-22(16(11)20)9-5-6-14(19)13(18)7-9/h1-8H,20H2. The van der Waals surface area contributed by atoms with Crippen LogP contribution in [0.3, 0.4) is 0 Å². The third kappa shape index (κ3) is 2.81. The van der Waals surface area contributed by atoms with Crippen LogP contribution >= 0.6 is 23.2 Å². The van der Waals surface area contributed by atoms with E-state index in [2.05, 4.69) is 5.10 Å². The van der Waals surface area contributed by atoms with Gasteiger partial charge in [0.1, 0.15) is 11.6 Å². The van der Waals surface area contributed by atoms with E-state index in [4.69, 9.17) is 28.9 Å². The summed E-state index contributed by atoms with van der Waals surface area (Å²) < 4.78 is 14.6. The van der Waals surface area contributed by atoms with Gasteiger partial charge in [0.15, 0.2) is 5.78 Å². The van der Waals surface area contributed by atoms with Gasteiger partial charge in [-0.3, -0.25) is 4.79 Å². The predicted octanol–water partition coefficient (Wildman–Crippen LogP) is 4.13. The highest BCUT2D eigenvalue weighted by molar-refractivity contribution is 6.35. The Kier molecular flexibility index (Phi) is 4.07. The van der Waals surface area contributed by atoms with Crippen molar-refractivity contribution >= 4 is 34.8 Å². The van der Waals surface area contributed by atoms with Gasteiger partial charge in [0.2, 0.25) is 0 Å². The smallest absolute Gasteiger partial charge is 0.199 e. The van der Waals surface area contributed by atoms with Gasteiger partial charge in [-0.15, -0.1) is 0 Å². The molecule has 4 nitrogen and oxygen atoms in total. The molecule has 0 fully saturated rings. The Morgan fingerprint density at radius 2 is 1.83 bits per heavy atom. The number of nitrogens with two attached hydrogens (primary N) is 1. The summed E-state index contributed by atoms with van der Waals surface area (Å²) in [6.07, 6.45) is 1.35. The van der Waals surface area contributed by atoms with Crippen LogP contribution in [0.5, 0.6) is 0 Å². The van der Waals surface area contributed by atoms with E-state index < -0.39 is 5.82 Å². The number of benzene rings is 2. The molecule has 3 aromatic rings. The van der Waals surface area contributed by atoms with Crippen molar-refractivity contribution in [2.24, 2.45) is 0 Å². The quantitative estimate of drug-likeness (QED) is 0.723. The first-order valence-corrected chi connectivity index (χ1v) is 7.33. The maximum Gasteiger partial charge on any atom is 0.199 e. The lowest BCUT2D eigenvalue weighted by Gasteiger charge is -2.06. The third-order valence-corrected chi connectivity index (χ3v) is 3.94. The van der Waals surface area contributed by atoms with Crippen LogP contribution in [0.1, 0.15) is 15.9 Å². The monoisotopic (exact) mass is 349 g/mol. The van der Waals surface area contributed by atoms with Crippen molar-refractivity contribution in [3.63, 3.8) is 0 Å². The number of carbonyl (C=O) groups is 1. The predicted molar refractivity (Wildman–Crippen MR) is 87.8 cm³/mol. The zero-order valence-electron chi connectivity index (χ0n) is 11.6. The fourth-order valence-electron chi connectivity index (χ4n) is 2.15. The molecular formula is C16H10Cl2FN3O. The van der Waals surface area contributed by atoms with Gasteiger partial charge < -0.3 is 5.73 Å². The minimum atomic E-state index is -0.548. The molecule has 0 spiro atoms. The molecule has 3 rings (SSSR count). The molecule has 23 heavy (non-hydrogen) atoms. The molecule has 116 valence electrons. The van der Waals surface area contributed by atoms with E-state index >= 15 is 0 Å². The summed E-state index contributed by atoms with van der Waals surface area (Å²) in [5, 5.41) is 4.35. The van der Waals surface area contributed by atoms with Crippen LogP contribution in [0.15, 0.2) is 48.7 Å². The minimum Gasteiger partial charge on any atom is -0.383 e. The average molecular weight is 350 g/mol. The zero-order valence-corrected chi connectivity index (χ0v) is 13.1. The molecule has 0 aliphatic carbocycles. The van der Waals surface area contributed by atoms with Gasteiger partial charge >= 0.3 is 0 Å². The molecule has 0 aliphatic rings. The summed E-state index contributed by atoms with van der Waals surface area (Å²) in [6, 6.07) is 10.7. The normalized spacial score (nSPS) is 10.7. The molecule has 0 unspecified atom stereocenters. The van der Waals surface area contributed by atoms with Crippen LogP contribution in [0.4, 0.5) is 10.2 Å². The van der Waals surface area contributed by atoms with Crippen molar-refractivity contribution in [1.29, 1.82) is 0 Å². The van der Waals surface area contributed by atoms with Gasteiger partial charge in [-0.1, -0.05) is 35.3 Å². The second kappa shape index (κ2) is 6.02. The molecule has 0 aliphatic heterocycles. The van der Waals surface area contributed by atoms with Crippen molar-refractivity contribution < 1.29 is 9.18 Å². The van der Waals surface area contributed by atoms with Crippen molar-refractivity contribution in [3.05, 3.63) is 75.7 Å². The molecular weight excluding hydrogens is 340 g/mol. The van der Waals surface area contributed by atoms with E-state index in [0.717, 1.165) is 0 Å². The fraction of sp³-hybridized carbons (Fsp3) is 0. The van der Waals surface area contributed by atoms with E-state index in [1.54, 1.807) is 24.3 Å². The summed E-state index contributed by atoms with van der Waals surface area (Å²) >= 11 is 11.8. The fourth-order valence-corrected chi connectivity index (χ4v) is 2.54. The van der Waals surface area contributed by atoms with Gasteiger partial charge in [0.05, 0.1) is 27.5 Å². The highest BCUT2D eigenvalue weighted by Gasteiger charge is 2.19. The van der Waals surface area contributed by atoms with Crippen LogP contribution in [-0.2, 0) is 0 Å². The Hall–Kier alpha value is -2.37. The first-order valence-electron chi connectivity index (χ1n) is 6.57. The average Bonchev–Trinajstić information content (AvgIpc) is 2.91. The topological polar surface area (TPSA) is 60.9 Å². The maximum atomic E-state index is 13.3. The molecule has 0 amide bonds. The van der Waals surface area contributed by atoms with Gasteiger partial charge in [-0.05, 0) is 30.3 Å². The van der Waals surface area contributed by atoms with Crippen molar-refractivity contribution in [3.8, 4) is 5.69 Å². The van der Waals surface area contributed by atoms with Crippen LogP contribution in [0, 0.1) is 5.82 Å². The number of ketones is 1. The number of nitrogens with zero attached hydrogens (tertiary/aromatic N) is 2. The molecule has 0 atom stereocenters. The Morgan fingerprint density at radius 3 is 2.52 bits per heavy atom. The van der Waals surface area contributed by atoms with Gasteiger partial charge in [-0.25, -0.2) is 9.07 Å². The lowest BCUT2D eigenvalue weighted by atomic mass is 10.1. The van der Waals surface area contributed by atoms with Crippen molar-refractivity contribution in [2.75, 3.05) is 5.73 Å². The molecule has 1 aromatic heterocycles. The van der Waals surface area contributed by atoms with Crippen LogP contribution in [-0.4, -0.2) is 15.6 Å². The largest absolute Gasteiger partial charge is 0.383 e. The van der Waals surface area contributed by atoms with Crippen LogP contribution in [0.25, 0.3) is 5.69 Å². The van der Waals surface area contributed by atoms with Gasteiger partial charge in [0, 0.05) is 5.56 Å². The number of hydrogen-bond acceptors (Lipinski definition) is 3. The van der Waals surface area contributed by atoms with Crippen molar-refractivity contribution in [1.82, 2.24) is 9.78 Å². The van der Waals surface area contributed by atoms with Crippen LogP contribution in [0.2, 0.25) is 10.0 Å². The lowest BCUT2D eigenvalue weighted by molar-refractivity contribution is 0.103. The molecule has 0 bridgehead atoms. The second-order valence-electron chi connectivity index (χ2n) is 4.76. The number of halogens is 3. The molecule has 1 heterocycles. The van der Waals surface area contributed by atoms with Gasteiger partial charge in [0.25, 0.3) is 0 Å². The Bertz CT molecular complexity index is 908. The third-order valence-electron chi connectivity index (χ3n) is 3.32. The molecule has 7 heteroatoms. The van der Waals surface area contributed by atoms with E-state index in [1.165, 1.54) is 29.1 Å². The summed E-state index contributed by atoms with van der Waals surface area (Å²) in [7, 11) is 0. The Morgan fingerprint density at radius 1 is 1.09 bits per heavy atom. The molecule has 2 aromatic carbocycles. The number of nitrogen functional groups attached to an aromatic ring is 1. The molecule has 0 radical (unpaired) electrons. The molecule has 0 saturated heterocycles. The first kappa shape index (κ1) is 15.5. The molecule has 2 N–H and O–H groups in total. The van der Waals surface area contributed by atoms with Gasteiger partial charge in [-0.2, -0.15) is 5.10 Å². The Labute approximate surface area is 141 Å².